The molecule has 17 heavy (non-hydrogen) atoms. The lowest BCUT2D eigenvalue weighted by Gasteiger charge is -2.34. The van der Waals surface area contributed by atoms with Gasteiger partial charge in [-0.05, 0) is 12.1 Å². The fourth-order valence-corrected chi connectivity index (χ4v) is 2.95. The van der Waals surface area contributed by atoms with E-state index in [1.54, 1.807) is 0 Å². The summed E-state index contributed by atoms with van der Waals surface area (Å²) in [6.45, 7) is 3.08. The summed E-state index contributed by atoms with van der Waals surface area (Å²) in [5, 5.41) is 10.2. The van der Waals surface area contributed by atoms with Gasteiger partial charge in [-0.1, -0.05) is 6.07 Å². The van der Waals surface area contributed by atoms with E-state index in [9.17, 15) is 0 Å². The Morgan fingerprint density at radius 1 is 1.47 bits per heavy atom. The van der Waals surface area contributed by atoms with E-state index in [1.165, 1.54) is 11.4 Å². The topological polar surface area (TPSA) is 40.5 Å². The average molecular weight is 230 g/mol. The van der Waals surface area contributed by atoms with Gasteiger partial charge < -0.3 is 5.32 Å². The zero-order chi connectivity index (χ0) is 11.7. The molecule has 1 unspecified atom stereocenters. The van der Waals surface area contributed by atoms with Gasteiger partial charge in [-0.3, -0.25) is 9.99 Å². The van der Waals surface area contributed by atoms with Crippen molar-refractivity contribution in [3.05, 3.63) is 30.1 Å². The van der Waals surface area contributed by atoms with Crippen molar-refractivity contribution in [2.24, 2.45) is 10.5 Å². The summed E-state index contributed by atoms with van der Waals surface area (Å²) in [5.41, 5.74) is 2.69. The number of rotatable bonds is 2. The first kappa shape index (κ1) is 10.7. The molecule has 4 heteroatoms. The van der Waals surface area contributed by atoms with Gasteiger partial charge in [0.25, 0.3) is 0 Å². The van der Waals surface area contributed by atoms with Crippen LogP contribution in [0.4, 0.5) is 0 Å². The molecule has 0 radical (unpaired) electrons. The molecule has 0 aliphatic carbocycles. The molecular weight excluding hydrogens is 212 g/mol. The summed E-state index contributed by atoms with van der Waals surface area (Å²) in [4.78, 5) is 4.45. The third-order valence-electron chi connectivity index (χ3n) is 3.68. The van der Waals surface area contributed by atoms with Crippen molar-refractivity contribution in [3.63, 3.8) is 0 Å². The Kier molecular flexibility index (Phi) is 2.59. The van der Waals surface area contributed by atoms with Crippen LogP contribution in [-0.4, -0.2) is 42.4 Å². The number of hydrogen-bond acceptors (Lipinski definition) is 4. The number of fused-ring (bicyclic) bond motifs is 1. The van der Waals surface area contributed by atoms with Crippen molar-refractivity contribution in [2.45, 2.75) is 12.8 Å². The third-order valence-corrected chi connectivity index (χ3v) is 3.68. The van der Waals surface area contributed by atoms with Crippen LogP contribution in [-0.2, 0) is 6.42 Å². The first-order valence-electron chi connectivity index (χ1n) is 6.18. The lowest BCUT2D eigenvalue weighted by atomic mass is 9.76. The van der Waals surface area contributed by atoms with E-state index in [2.05, 4.69) is 39.6 Å². The fraction of sp³-hybridized carbons (Fsp3) is 0.538. The van der Waals surface area contributed by atoms with Gasteiger partial charge in [0.1, 0.15) is 0 Å². The summed E-state index contributed by atoms with van der Waals surface area (Å²) in [5.74, 6) is 0. The van der Waals surface area contributed by atoms with Crippen molar-refractivity contribution in [1.29, 1.82) is 0 Å². The Hall–Kier alpha value is -1.42. The van der Waals surface area contributed by atoms with Crippen molar-refractivity contribution in [2.75, 3.05) is 26.7 Å². The highest BCUT2D eigenvalue weighted by molar-refractivity contribution is 5.93. The van der Waals surface area contributed by atoms with Gasteiger partial charge in [-0.25, -0.2) is 0 Å². The monoisotopic (exact) mass is 230 g/mol. The second-order valence-corrected chi connectivity index (χ2v) is 5.07. The predicted molar refractivity (Wildman–Crippen MR) is 67.9 cm³/mol. The second-order valence-electron chi connectivity index (χ2n) is 5.07. The van der Waals surface area contributed by atoms with Crippen LogP contribution in [0.1, 0.15) is 12.1 Å². The van der Waals surface area contributed by atoms with Crippen molar-refractivity contribution < 1.29 is 0 Å². The highest BCUT2D eigenvalue weighted by Crippen LogP contribution is 2.33. The molecule has 1 aromatic heterocycles. The number of nitrogens with one attached hydrogen (secondary N) is 1. The lowest BCUT2D eigenvalue weighted by molar-refractivity contribution is 0.270. The highest BCUT2D eigenvalue weighted by atomic mass is 15.5. The molecule has 1 saturated heterocycles. The van der Waals surface area contributed by atoms with E-state index in [-0.39, 0.29) is 5.41 Å². The van der Waals surface area contributed by atoms with Crippen molar-refractivity contribution in [3.8, 4) is 0 Å². The maximum absolute atomic E-state index is 4.66. The Labute approximate surface area is 102 Å². The lowest BCUT2D eigenvalue weighted by Crippen LogP contribution is -2.49. The fourth-order valence-electron chi connectivity index (χ4n) is 2.95. The largest absolute Gasteiger partial charge is 0.315 e. The standard InChI is InChI=1S/C13H18N4/c1-17-10-13(8-11-4-2-3-6-15-11)9-14-7-5-12(13)16-17/h2-4,6,14H,5,7-10H2,1H3. The predicted octanol–water partition coefficient (Wildman–Crippen LogP) is 0.905. The minimum atomic E-state index is 0.168. The van der Waals surface area contributed by atoms with Crippen LogP contribution in [0, 0.1) is 5.41 Å². The molecule has 4 nitrogen and oxygen atoms in total. The number of hydrazone groups is 1. The molecule has 0 aromatic carbocycles. The van der Waals surface area contributed by atoms with Gasteiger partial charge in [-0.2, -0.15) is 5.10 Å². The molecule has 0 bridgehead atoms. The SMILES string of the molecule is CN1CC2(Cc3ccccn3)CNCCC2=N1. The quantitative estimate of drug-likeness (QED) is 0.821. The maximum Gasteiger partial charge on any atom is 0.0489 e. The molecule has 3 heterocycles. The minimum absolute atomic E-state index is 0.168. The van der Waals surface area contributed by atoms with Crippen LogP contribution in [0.5, 0.6) is 0 Å². The van der Waals surface area contributed by atoms with E-state index >= 15 is 0 Å². The molecular formula is C13H18N4. The van der Waals surface area contributed by atoms with Crippen LogP contribution < -0.4 is 5.32 Å². The smallest absolute Gasteiger partial charge is 0.0489 e. The molecule has 0 amide bonds. The Morgan fingerprint density at radius 3 is 3.24 bits per heavy atom. The zero-order valence-corrected chi connectivity index (χ0v) is 10.2. The molecule has 1 atom stereocenters. The number of nitrogens with zero attached hydrogens (tertiary/aromatic N) is 3. The van der Waals surface area contributed by atoms with E-state index in [0.717, 1.165) is 32.5 Å². The summed E-state index contributed by atoms with van der Waals surface area (Å²) >= 11 is 0. The van der Waals surface area contributed by atoms with Gasteiger partial charge in [0.05, 0.1) is 0 Å². The van der Waals surface area contributed by atoms with Gasteiger partial charge in [0.2, 0.25) is 0 Å². The van der Waals surface area contributed by atoms with Crippen LogP contribution >= 0.6 is 0 Å². The van der Waals surface area contributed by atoms with Crippen LogP contribution in [0.25, 0.3) is 0 Å². The van der Waals surface area contributed by atoms with Gasteiger partial charge in [0.15, 0.2) is 0 Å². The van der Waals surface area contributed by atoms with Crippen molar-refractivity contribution in [1.82, 2.24) is 15.3 Å². The minimum Gasteiger partial charge on any atom is -0.315 e. The van der Waals surface area contributed by atoms with E-state index in [4.69, 9.17) is 0 Å². The number of pyridine rings is 1. The average Bonchev–Trinajstić information content (AvgIpc) is 2.66. The van der Waals surface area contributed by atoms with Gasteiger partial charge >= 0.3 is 0 Å². The first-order chi connectivity index (χ1) is 8.28. The third kappa shape index (κ3) is 1.93. The van der Waals surface area contributed by atoms with Crippen LogP contribution in [0.15, 0.2) is 29.5 Å². The van der Waals surface area contributed by atoms with Gasteiger partial charge in [0, 0.05) is 62.5 Å². The number of piperidine rings is 1. The van der Waals surface area contributed by atoms with E-state index in [0.29, 0.717) is 0 Å². The molecule has 2 aliphatic heterocycles. The summed E-state index contributed by atoms with van der Waals surface area (Å²) in [6.07, 6.45) is 3.93. The second kappa shape index (κ2) is 4.11. The molecule has 1 aromatic rings. The molecule has 1 fully saturated rings. The van der Waals surface area contributed by atoms with E-state index < -0.39 is 0 Å². The Morgan fingerprint density at radius 2 is 2.41 bits per heavy atom. The summed E-state index contributed by atoms with van der Waals surface area (Å²) in [6, 6.07) is 6.14. The molecule has 0 spiro atoms. The molecule has 3 rings (SSSR count). The van der Waals surface area contributed by atoms with Crippen LogP contribution in [0.3, 0.4) is 0 Å². The van der Waals surface area contributed by atoms with E-state index in [1.807, 2.05) is 12.3 Å². The maximum atomic E-state index is 4.66. The molecule has 90 valence electrons. The molecule has 1 N–H and O–H groups in total. The number of hydrogen-bond donors (Lipinski definition) is 1. The Balaban J connectivity index is 1.87. The normalized spacial score (nSPS) is 27.8. The van der Waals surface area contributed by atoms with Crippen LogP contribution in [0.2, 0.25) is 0 Å². The molecule has 2 aliphatic rings. The van der Waals surface area contributed by atoms with Gasteiger partial charge in [-0.15, -0.1) is 0 Å². The highest BCUT2D eigenvalue weighted by Gasteiger charge is 2.43. The Bertz CT molecular complexity index is 428. The van der Waals surface area contributed by atoms with Crippen molar-refractivity contribution >= 4 is 5.71 Å². The molecule has 0 saturated carbocycles. The zero-order valence-electron chi connectivity index (χ0n) is 10.2. The summed E-state index contributed by atoms with van der Waals surface area (Å²) < 4.78 is 0. The first-order valence-corrected chi connectivity index (χ1v) is 6.18. The number of aromatic nitrogens is 1. The summed E-state index contributed by atoms with van der Waals surface area (Å²) in [7, 11) is 2.06.